The summed E-state index contributed by atoms with van der Waals surface area (Å²) in [7, 11) is 0. The number of rotatable bonds is 3. The van der Waals surface area contributed by atoms with Gasteiger partial charge in [-0.15, -0.1) is 0 Å². The number of ketones is 1. The number of carbonyl (C=O) groups is 1. The van der Waals surface area contributed by atoms with E-state index in [4.69, 9.17) is 23.2 Å². The van der Waals surface area contributed by atoms with Crippen LogP contribution in [0.4, 0.5) is 4.39 Å². The molecule has 2 nitrogen and oxygen atoms in total. The highest BCUT2D eigenvalue weighted by atomic mass is 79.9. The summed E-state index contributed by atoms with van der Waals surface area (Å²) in [5.41, 5.74) is 2.20. The van der Waals surface area contributed by atoms with Crippen LogP contribution < -0.4 is 0 Å². The van der Waals surface area contributed by atoms with E-state index >= 15 is 0 Å². The van der Waals surface area contributed by atoms with E-state index in [-0.39, 0.29) is 16.9 Å². The molecule has 3 rings (SSSR count). The molecule has 0 aliphatic carbocycles. The minimum atomic E-state index is -0.337. The zero-order valence-electron chi connectivity index (χ0n) is 11.6. The number of fused-ring (bicyclic) bond motifs is 1. The van der Waals surface area contributed by atoms with E-state index in [1.165, 1.54) is 12.1 Å². The smallest absolute Gasteiger partial charge is 0.174 e. The van der Waals surface area contributed by atoms with E-state index < -0.39 is 0 Å². The van der Waals surface area contributed by atoms with Gasteiger partial charge in [0.1, 0.15) is 5.82 Å². The van der Waals surface area contributed by atoms with Crippen LogP contribution in [0.1, 0.15) is 10.4 Å². The van der Waals surface area contributed by atoms with Crippen molar-refractivity contribution in [3.8, 4) is 11.3 Å². The second kappa shape index (κ2) is 6.56. The first-order valence-corrected chi connectivity index (χ1v) is 8.52. The van der Waals surface area contributed by atoms with Gasteiger partial charge in [-0.05, 0) is 42.5 Å². The van der Waals surface area contributed by atoms with Gasteiger partial charge in [-0.2, -0.15) is 0 Å². The summed E-state index contributed by atoms with van der Waals surface area (Å²) in [5.74, 6) is -0.449. The fourth-order valence-electron chi connectivity index (χ4n) is 2.32. The molecule has 0 aliphatic rings. The number of pyridine rings is 1. The molecular formula is C17H9BrCl2FNO. The Labute approximate surface area is 150 Å². The van der Waals surface area contributed by atoms with Gasteiger partial charge in [0.15, 0.2) is 5.78 Å². The van der Waals surface area contributed by atoms with Crippen molar-refractivity contribution in [3.63, 3.8) is 0 Å². The summed E-state index contributed by atoms with van der Waals surface area (Å²) in [6.45, 7) is 0. The third-order valence-corrected chi connectivity index (χ3v) is 4.41. The predicted molar refractivity (Wildman–Crippen MR) is 95.3 cm³/mol. The Kier molecular flexibility index (Phi) is 4.67. The Balaban J connectivity index is 2.33. The normalized spacial score (nSPS) is 11.0. The maximum atomic E-state index is 13.1. The van der Waals surface area contributed by atoms with Crippen LogP contribution >= 0.6 is 39.1 Å². The number of alkyl halides is 1. The van der Waals surface area contributed by atoms with Gasteiger partial charge in [0, 0.05) is 21.5 Å². The fraction of sp³-hybridized carbons (Fsp3) is 0.0588. The van der Waals surface area contributed by atoms with E-state index in [0.29, 0.717) is 37.8 Å². The molecule has 2 aromatic carbocycles. The van der Waals surface area contributed by atoms with E-state index in [1.54, 1.807) is 30.3 Å². The lowest BCUT2D eigenvalue weighted by Crippen LogP contribution is -2.03. The summed E-state index contributed by atoms with van der Waals surface area (Å²) in [5, 5.41) is 1.55. The molecule has 3 aromatic rings. The minimum absolute atomic E-state index is 0.112. The van der Waals surface area contributed by atoms with Crippen LogP contribution in [0.2, 0.25) is 10.0 Å². The molecule has 116 valence electrons. The van der Waals surface area contributed by atoms with Gasteiger partial charge < -0.3 is 0 Å². The summed E-state index contributed by atoms with van der Waals surface area (Å²) >= 11 is 15.5. The Morgan fingerprint density at radius 3 is 2.48 bits per heavy atom. The highest BCUT2D eigenvalue weighted by Gasteiger charge is 2.16. The van der Waals surface area contributed by atoms with E-state index in [2.05, 4.69) is 20.9 Å². The van der Waals surface area contributed by atoms with Crippen LogP contribution in [0, 0.1) is 5.82 Å². The number of nitrogens with zero attached hydrogens (tertiary/aromatic N) is 1. The topological polar surface area (TPSA) is 30.0 Å². The van der Waals surface area contributed by atoms with Crippen LogP contribution in [0.5, 0.6) is 0 Å². The molecule has 0 saturated carbocycles. The number of aromatic nitrogens is 1. The summed E-state index contributed by atoms with van der Waals surface area (Å²) in [6.07, 6.45) is 0. The van der Waals surface area contributed by atoms with Crippen molar-refractivity contribution < 1.29 is 9.18 Å². The standard InChI is InChI=1S/C17H9BrCl2FNO/c18-8-16(23)12-7-15(9-1-3-11(21)4-2-9)22-17-13(12)5-10(19)6-14(17)20/h1-7H,8H2. The maximum Gasteiger partial charge on any atom is 0.174 e. The zero-order chi connectivity index (χ0) is 16.6. The third kappa shape index (κ3) is 3.25. The summed E-state index contributed by atoms with van der Waals surface area (Å²) < 4.78 is 13.1. The molecule has 6 heteroatoms. The molecule has 0 unspecified atom stereocenters. The van der Waals surface area contributed by atoms with E-state index in [9.17, 15) is 9.18 Å². The quantitative estimate of drug-likeness (QED) is 0.394. The molecule has 1 heterocycles. The predicted octanol–water partition coefficient (Wildman–Crippen LogP) is 5.93. The molecule has 0 spiro atoms. The second-order valence-corrected chi connectivity index (χ2v) is 6.31. The number of halogens is 4. The molecule has 1 aromatic heterocycles. The maximum absolute atomic E-state index is 13.1. The van der Waals surface area contributed by atoms with Crippen LogP contribution in [-0.4, -0.2) is 16.1 Å². The lowest BCUT2D eigenvalue weighted by molar-refractivity contribution is 0.102. The molecule has 0 N–H and O–H groups in total. The van der Waals surface area contributed by atoms with Crippen molar-refractivity contribution in [2.24, 2.45) is 0 Å². The van der Waals surface area contributed by atoms with Crippen molar-refractivity contribution in [1.82, 2.24) is 4.98 Å². The first-order valence-electron chi connectivity index (χ1n) is 6.64. The van der Waals surface area contributed by atoms with Crippen LogP contribution in [0.3, 0.4) is 0 Å². The number of Topliss-reactive ketones (excluding diaryl/α,β-unsaturated/α-hetero) is 1. The molecule has 0 aliphatic heterocycles. The molecule has 0 bridgehead atoms. The lowest BCUT2D eigenvalue weighted by Gasteiger charge is -2.10. The Hall–Kier alpha value is -1.49. The van der Waals surface area contributed by atoms with E-state index in [0.717, 1.165) is 0 Å². The average molecular weight is 413 g/mol. The summed E-state index contributed by atoms with van der Waals surface area (Å²) in [4.78, 5) is 16.8. The van der Waals surface area contributed by atoms with Crippen LogP contribution in [0.15, 0.2) is 42.5 Å². The van der Waals surface area contributed by atoms with Crippen molar-refractivity contribution >= 4 is 55.8 Å². The Morgan fingerprint density at radius 2 is 1.83 bits per heavy atom. The van der Waals surface area contributed by atoms with Crippen molar-refractivity contribution in [1.29, 1.82) is 0 Å². The average Bonchev–Trinajstić information content (AvgIpc) is 2.54. The zero-order valence-corrected chi connectivity index (χ0v) is 14.7. The van der Waals surface area contributed by atoms with Gasteiger partial charge in [0.25, 0.3) is 0 Å². The molecule has 0 saturated heterocycles. The SMILES string of the molecule is O=C(CBr)c1cc(-c2ccc(F)cc2)nc2c(Cl)cc(Cl)cc12. The summed E-state index contributed by atoms with van der Waals surface area (Å²) in [6, 6.07) is 10.8. The van der Waals surface area contributed by atoms with Crippen molar-refractivity contribution in [2.75, 3.05) is 5.33 Å². The minimum Gasteiger partial charge on any atom is -0.293 e. The first kappa shape index (κ1) is 16.4. The van der Waals surface area contributed by atoms with Gasteiger partial charge in [-0.25, -0.2) is 9.37 Å². The largest absolute Gasteiger partial charge is 0.293 e. The third-order valence-electron chi connectivity index (χ3n) is 3.39. The Bertz CT molecular complexity index is 913. The monoisotopic (exact) mass is 411 g/mol. The Morgan fingerprint density at radius 1 is 1.13 bits per heavy atom. The second-order valence-electron chi connectivity index (χ2n) is 4.90. The molecule has 0 atom stereocenters. The van der Waals surface area contributed by atoms with Gasteiger partial charge in [-0.3, -0.25) is 4.79 Å². The fourth-order valence-corrected chi connectivity index (χ4v) is 3.16. The lowest BCUT2D eigenvalue weighted by atomic mass is 10.0. The van der Waals surface area contributed by atoms with Crippen molar-refractivity contribution in [3.05, 3.63) is 63.9 Å². The number of benzene rings is 2. The van der Waals surface area contributed by atoms with Gasteiger partial charge in [-0.1, -0.05) is 39.1 Å². The van der Waals surface area contributed by atoms with Crippen LogP contribution in [0.25, 0.3) is 22.2 Å². The van der Waals surface area contributed by atoms with Gasteiger partial charge in [0.05, 0.1) is 21.6 Å². The number of carbonyl (C=O) groups excluding carboxylic acids is 1. The van der Waals surface area contributed by atoms with Crippen LogP contribution in [-0.2, 0) is 0 Å². The number of hydrogen-bond donors (Lipinski definition) is 0. The van der Waals surface area contributed by atoms with Gasteiger partial charge >= 0.3 is 0 Å². The molecule has 0 fully saturated rings. The highest BCUT2D eigenvalue weighted by molar-refractivity contribution is 9.09. The molecular weight excluding hydrogens is 404 g/mol. The molecule has 0 radical (unpaired) electrons. The number of hydrogen-bond acceptors (Lipinski definition) is 2. The van der Waals surface area contributed by atoms with E-state index in [1.807, 2.05) is 0 Å². The van der Waals surface area contributed by atoms with Gasteiger partial charge in [0.2, 0.25) is 0 Å². The highest BCUT2D eigenvalue weighted by Crippen LogP contribution is 2.32. The molecule has 23 heavy (non-hydrogen) atoms. The molecule has 0 amide bonds. The first-order chi connectivity index (χ1) is 11.0. The van der Waals surface area contributed by atoms with Crippen molar-refractivity contribution in [2.45, 2.75) is 0 Å².